The van der Waals surface area contributed by atoms with Gasteiger partial charge in [-0.05, 0) is 55.7 Å². The molecule has 1 N–H and O–H groups in total. The molecule has 3 rings (SSSR count). The van der Waals surface area contributed by atoms with Crippen molar-refractivity contribution >= 4 is 11.8 Å². The summed E-state index contributed by atoms with van der Waals surface area (Å²) in [5.74, 6) is 0.545. The number of hydrogen-bond donors (Lipinski definition) is 1. The number of amides is 2. The summed E-state index contributed by atoms with van der Waals surface area (Å²) in [4.78, 5) is 26.6. The Bertz CT molecular complexity index is 725. The van der Waals surface area contributed by atoms with E-state index in [0.29, 0.717) is 31.1 Å². The van der Waals surface area contributed by atoms with E-state index in [1.54, 1.807) is 6.07 Å². The molecule has 0 unspecified atom stereocenters. The van der Waals surface area contributed by atoms with Crippen LogP contribution in [0.15, 0.2) is 24.3 Å². The molecule has 2 saturated heterocycles. The van der Waals surface area contributed by atoms with Crippen molar-refractivity contribution in [3.8, 4) is 0 Å². The second kappa shape index (κ2) is 10.3. The van der Waals surface area contributed by atoms with Crippen molar-refractivity contribution in [3.63, 3.8) is 0 Å². The van der Waals surface area contributed by atoms with Crippen LogP contribution in [0.25, 0.3) is 0 Å². The minimum Gasteiger partial charge on any atom is -0.381 e. The van der Waals surface area contributed by atoms with Crippen LogP contribution in [-0.4, -0.2) is 43.0 Å². The second-order valence-electron chi connectivity index (χ2n) is 8.17. The highest BCUT2D eigenvalue weighted by Gasteiger charge is 2.31. The van der Waals surface area contributed by atoms with E-state index in [2.05, 4.69) is 5.32 Å². The number of hydrogen-bond acceptors (Lipinski definition) is 3. The standard InChI is InChI=1S/C22H29F3N2O3/c23-22(24,25)19-3-1-2-17(14-19)15-26-20(28)5-4-16-6-10-27(11-7-16)21(29)18-8-12-30-13-9-18/h1-3,14,16,18H,4-13,15H2,(H,26,28). The van der Waals surface area contributed by atoms with Gasteiger partial charge in [-0.1, -0.05) is 12.1 Å². The second-order valence-corrected chi connectivity index (χ2v) is 8.17. The quantitative estimate of drug-likeness (QED) is 0.754. The molecule has 2 fully saturated rings. The Balaban J connectivity index is 1.35. The molecule has 2 amide bonds. The first-order valence-electron chi connectivity index (χ1n) is 10.6. The van der Waals surface area contributed by atoms with Crippen LogP contribution in [0.2, 0.25) is 0 Å². The van der Waals surface area contributed by atoms with E-state index < -0.39 is 11.7 Å². The topological polar surface area (TPSA) is 58.6 Å². The van der Waals surface area contributed by atoms with Gasteiger partial charge < -0.3 is 15.0 Å². The van der Waals surface area contributed by atoms with E-state index in [1.165, 1.54) is 6.07 Å². The van der Waals surface area contributed by atoms with Gasteiger partial charge in [0.1, 0.15) is 0 Å². The van der Waals surface area contributed by atoms with Crippen LogP contribution < -0.4 is 5.32 Å². The van der Waals surface area contributed by atoms with E-state index in [1.807, 2.05) is 4.90 Å². The van der Waals surface area contributed by atoms with Gasteiger partial charge in [0.25, 0.3) is 0 Å². The Hall–Kier alpha value is -2.09. The molecule has 1 aromatic carbocycles. The molecule has 0 spiro atoms. The lowest BCUT2D eigenvalue weighted by molar-refractivity contribution is -0.140. The molecule has 0 aliphatic carbocycles. The summed E-state index contributed by atoms with van der Waals surface area (Å²) >= 11 is 0. The number of nitrogens with zero attached hydrogens (tertiary/aromatic N) is 1. The Morgan fingerprint density at radius 3 is 2.47 bits per heavy atom. The number of nitrogens with one attached hydrogen (secondary N) is 1. The Morgan fingerprint density at radius 1 is 1.10 bits per heavy atom. The van der Waals surface area contributed by atoms with Gasteiger partial charge in [0.15, 0.2) is 0 Å². The zero-order valence-electron chi connectivity index (χ0n) is 17.0. The monoisotopic (exact) mass is 426 g/mol. The molecule has 0 bridgehead atoms. The van der Waals surface area contributed by atoms with E-state index in [9.17, 15) is 22.8 Å². The molecule has 0 saturated carbocycles. The van der Waals surface area contributed by atoms with Crippen molar-refractivity contribution in [1.29, 1.82) is 0 Å². The van der Waals surface area contributed by atoms with Gasteiger partial charge in [0.2, 0.25) is 11.8 Å². The van der Waals surface area contributed by atoms with Gasteiger partial charge in [-0.15, -0.1) is 0 Å². The minimum absolute atomic E-state index is 0.0805. The maximum atomic E-state index is 12.8. The maximum absolute atomic E-state index is 12.8. The van der Waals surface area contributed by atoms with Crippen molar-refractivity contribution < 1.29 is 27.5 Å². The molecular formula is C22H29F3N2O3. The number of likely N-dealkylation sites (tertiary alicyclic amines) is 1. The van der Waals surface area contributed by atoms with Crippen LogP contribution in [0.5, 0.6) is 0 Å². The average Bonchev–Trinajstić information content (AvgIpc) is 2.76. The largest absolute Gasteiger partial charge is 0.416 e. The third-order valence-corrected chi connectivity index (χ3v) is 6.02. The van der Waals surface area contributed by atoms with Crippen molar-refractivity contribution in [2.24, 2.45) is 11.8 Å². The van der Waals surface area contributed by atoms with Gasteiger partial charge in [0.05, 0.1) is 5.56 Å². The van der Waals surface area contributed by atoms with Crippen molar-refractivity contribution in [2.45, 2.75) is 51.2 Å². The highest BCUT2D eigenvalue weighted by Crippen LogP contribution is 2.29. The lowest BCUT2D eigenvalue weighted by atomic mass is 9.90. The third kappa shape index (κ3) is 6.45. The molecule has 1 aromatic rings. The number of carbonyl (C=O) groups is 2. The van der Waals surface area contributed by atoms with Crippen LogP contribution >= 0.6 is 0 Å². The van der Waals surface area contributed by atoms with Gasteiger partial charge in [0, 0.05) is 45.2 Å². The summed E-state index contributed by atoms with van der Waals surface area (Å²) in [6, 6.07) is 5.00. The molecule has 2 aliphatic rings. The number of carbonyl (C=O) groups excluding carboxylic acids is 2. The number of halogens is 3. The molecule has 30 heavy (non-hydrogen) atoms. The summed E-state index contributed by atoms with van der Waals surface area (Å²) in [6.07, 6.45) is 0.0493. The van der Waals surface area contributed by atoms with Crippen LogP contribution in [0.4, 0.5) is 13.2 Å². The van der Waals surface area contributed by atoms with Crippen LogP contribution in [0.3, 0.4) is 0 Å². The lowest BCUT2D eigenvalue weighted by Gasteiger charge is -2.35. The predicted octanol–water partition coefficient (Wildman–Crippen LogP) is 3.77. The van der Waals surface area contributed by atoms with Crippen LogP contribution in [0, 0.1) is 11.8 Å². The summed E-state index contributed by atoms with van der Waals surface area (Å²) in [7, 11) is 0. The van der Waals surface area contributed by atoms with E-state index >= 15 is 0 Å². The predicted molar refractivity (Wildman–Crippen MR) is 105 cm³/mol. The Kier molecular flexibility index (Phi) is 7.75. The van der Waals surface area contributed by atoms with Crippen LogP contribution in [-0.2, 0) is 27.0 Å². The van der Waals surface area contributed by atoms with Crippen molar-refractivity contribution in [3.05, 3.63) is 35.4 Å². The van der Waals surface area contributed by atoms with E-state index in [4.69, 9.17) is 4.74 Å². The first kappa shape index (κ1) is 22.6. The smallest absolute Gasteiger partial charge is 0.381 e. The first-order valence-corrected chi connectivity index (χ1v) is 10.6. The van der Waals surface area contributed by atoms with Crippen molar-refractivity contribution in [1.82, 2.24) is 10.2 Å². The molecule has 5 nitrogen and oxygen atoms in total. The van der Waals surface area contributed by atoms with Gasteiger partial charge in [-0.25, -0.2) is 0 Å². The molecule has 2 aliphatic heterocycles. The summed E-state index contributed by atoms with van der Waals surface area (Å²) in [6.45, 7) is 2.85. The third-order valence-electron chi connectivity index (χ3n) is 6.02. The molecule has 166 valence electrons. The van der Waals surface area contributed by atoms with E-state index in [-0.39, 0.29) is 24.3 Å². The number of rotatable bonds is 6. The van der Waals surface area contributed by atoms with Gasteiger partial charge >= 0.3 is 6.18 Å². The SMILES string of the molecule is O=C(CCC1CCN(C(=O)C2CCOCC2)CC1)NCc1cccc(C(F)(F)F)c1. The Labute approximate surface area is 175 Å². The lowest BCUT2D eigenvalue weighted by Crippen LogP contribution is -2.43. The summed E-state index contributed by atoms with van der Waals surface area (Å²) in [5, 5.41) is 2.70. The van der Waals surface area contributed by atoms with E-state index in [0.717, 1.165) is 57.3 Å². The van der Waals surface area contributed by atoms with Crippen LogP contribution in [0.1, 0.15) is 49.7 Å². The zero-order valence-corrected chi connectivity index (χ0v) is 17.0. The highest BCUT2D eigenvalue weighted by molar-refractivity contribution is 5.79. The first-order chi connectivity index (χ1) is 14.3. The summed E-state index contributed by atoms with van der Waals surface area (Å²) in [5.41, 5.74) is -0.283. The fraction of sp³-hybridized carbons (Fsp3) is 0.636. The molecule has 8 heteroatoms. The van der Waals surface area contributed by atoms with Crippen molar-refractivity contribution in [2.75, 3.05) is 26.3 Å². The molecule has 2 heterocycles. The molecule has 0 atom stereocenters. The van der Waals surface area contributed by atoms with Gasteiger partial charge in [-0.3, -0.25) is 9.59 Å². The number of piperidine rings is 1. The van der Waals surface area contributed by atoms with Gasteiger partial charge in [-0.2, -0.15) is 13.2 Å². The number of benzene rings is 1. The normalized spacial score (nSPS) is 19.0. The zero-order chi connectivity index (χ0) is 21.6. The molecule has 0 aromatic heterocycles. The fourth-order valence-corrected chi connectivity index (χ4v) is 4.13. The fourth-order valence-electron chi connectivity index (χ4n) is 4.13. The molecular weight excluding hydrogens is 397 g/mol. The maximum Gasteiger partial charge on any atom is 0.416 e. The highest BCUT2D eigenvalue weighted by atomic mass is 19.4. The Morgan fingerprint density at radius 2 is 1.80 bits per heavy atom. The molecule has 0 radical (unpaired) electrons. The summed E-state index contributed by atoms with van der Waals surface area (Å²) < 4.78 is 43.6. The number of ether oxygens (including phenoxy) is 1. The average molecular weight is 426 g/mol. The number of alkyl halides is 3. The minimum atomic E-state index is -4.39.